The molecule has 3 rings (SSSR count). The fraction of sp³-hybridized carbons (Fsp3) is 0.278. The van der Waals surface area contributed by atoms with Crippen molar-refractivity contribution in [3.8, 4) is 11.5 Å². The standard InChI is InChI=1S/C18H19NO4/c1-13-3-6-15(7-4-13)19(21)18(2,11-20)10-14-5-8-16-17(9-14)23-12-22-16/h3-9,11,21H,10,12H2,1-2H3. The minimum absolute atomic E-state index is 0.208. The van der Waals surface area contributed by atoms with Crippen molar-refractivity contribution in [3.05, 3.63) is 53.6 Å². The second-order valence-electron chi connectivity index (χ2n) is 5.99. The van der Waals surface area contributed by atoms with Gasteiger partial charge in [-0.1, -0.05) is 23.8 Å². The van der Waals surface area contributed by atoms with Crippen LogP contribution in [0.25, 0.3) is 0 Å². The molecule has 1 atom stereocenters. The maximum absolute atomic E-state index is 11.7. The molecule has 1 unspecified atom stereocenters. The van der Waals surface area contributed by atoms with E-state index in [-0.39, 0.29) is 6.79 Å². The van der Waals surface area contributed by atoms with E-state index in [0.717, 1.165) is 22.5 Å². The molecule has 0 aromatic heterocycles. The van der Waals surface area contributed by atoms with E-state index < -0.39 is 5.54 Å². The fourth-order valence-corrected chi connectivity index (χ4v) is 2.61. The van der Waals surface area contributed by atoms with Crippen molar-refractivity contribution in [2.24, 2.45) is 0 Å². The molecule has 120 valence electrons. The summed E-state index contributed by atoms with van der Waals surface area (Å²) in [6.45, 7) is 3.88. The van der Waals surface area contributed by atoms with E-state index >= 15 is 0 Å². The Labute approximate surface area is 135 Å². The normalized spacial score (nSPS) is 15.1. The van der Waals surface area contributed by atoms with E-state index in [1.165, 1.54) is 0 Å². The van der Waals surface area contributed by atoms with E-state index in [9.17, 15) is 10.0 Å². The Balaban J connectivity index is 1.85. The topological polar surface area (TPSA) is 59.0 Å². The summed E-state index contributed by atoms with van der Waals surface area (Å²) in [5, 5.41) is 11.5. The Morgan fingerprint density at radius 3 is 2.57 bits per heavy atom. The van der Waals surface area contributed by atoms with Crippen LogP contribution in [0.2, 0.25) is 0 Å². The summed E-state index contributed by atoms with van der Waals surface area (Å²) >= 11 is 0. The second-order valence-corrected chi connectivity index (χ2v) is 5.99. The lowest BCUT2D eigenvalue weighted by molar-refractivity contribution is -0.113. The lowest BCUT2D eigenvalue weighted by Crippen LogP contribution is -2.48. The Morgan fingerprint density at radius 1 is 1.17 bits per heavy atom. The monoisotopic (exact) mass is 313 g/mol. The third kappa shape index (κ3) is 3.00. The summed E-state index contributed by atoms with van der Waals surface area (Å²) in [6.07, 6.45) is 1.11. The maximum Gasteiger partial charge on any atom is 0.231 e. The molecule has 2 aromatic rings. The molecule has 5 nitrogen and oxygen atoms in total. The molecule has 0 spiro atoms. The van der Waals surface area contributed by atoms with Crippen molar-refractivity contribution in [2.45, 2.75) is 25.8 Å². The quantitative estimate of drug-likeness (QED) is 0.679. The van der Waals surface area contributed by atoms with Gasteiger partial charge in [0, 0.05) is 6.42 Å². The average Bonchev–Trinajstić information content (AvgIpc) is 3.02. The summed E-state index contributed by atoms with van der Waals surface area (Å²) in [4.78, 5) is 11.7. The molecule has 1 aliphatic rings. The number of hydrogen-bond acceptors (Lipinski definition) is 5. The van der Waals surface area contributed by atoms with Crippen LogP contribution in [-0.2, 0) is 11.2 Å². The average molecular weight is 313 g/mol. The summed E-state index contributed by atoms with van der Waals surface area (Å²) in [6, 6.07) is 12.9. The summed E-state index contributed by atoms with van der Waals surface area (Å²) in [5.74, 6) is 1.36. The smallest absolute Gasteiger partial charge is 0.231 e. The number of ether oxygens (including phenoxy) is 2. The first kappa shape index (κ1) is 15.4. The second kappa shape index (κ2) is 5.93. The van der Waals surface area contributed by atoms with Crippen molar-refractivity contribution in [1.29, 1.82) is 0 Å². The number of anilines is 1. The van der Waals surface area contributed by atoms with Crippen LogP contribution in [0.1, 0.15) is 18.1 Å². The third-order valence-corrected chi connectivity index (χ3v) is 4.02. The molecule has 0 radical (unpaired) electrons. The Bertz CT molecular complexity index is 713. The highest BCUT2D eigenvalue weighted by Gasteiger charge is 2.32. The van der Waals surface area contributed by atoms with Gasteiger partial charge in [-0.15, -0.1) is 0 Å². The van der Waals surface area contributed by atoms with Gasteiger partial charge < -0.3 is 14.3 Å². The number of fused-ring (bicyclic) bond motifs is 1. The molecule has 5 heteroatoms. The number of hydroxylamine groups is 1. The zero-order valence-corrected chi connectivity index (χ0v) is 13.2. The van der Waals surface area contributed by atoms with Gasteiger partial charge in [-0.2, -0.15) is 0 Å². The molecule has 23 heavy (non-hydrogen) atoms. The number of aldehydes is 1. The zero-order valence-electron chi connectivity index (χ0n) is 13.2. The minimum atomic E-state index is -1.08. The van der Waals surface area contributed by atoms with Gasteiger partial charge in [0.05, 0.1) is 5.69 Å². The van der Waals surface area contributed by atoms with Crippen LogP contribution >= 0.6 is 0 Å². The Hall–Kier alpha value is -2.53. The summed E-state index contributed by atoms with van der Waals surface area (Å²) < 4.78 is 10.6. The SMILES string of the molecule is Cc1ccc(N(O)C(C)(C=O)Cc2ccc3c(c2)OCO3)cc1. The largest absolute Gasteiger partial charge is 0.454 e. The van der Waals surface area contributed by atoms with Crippen molar-refractivity contribution in [3.63, 3.8) is 0 Å². The first-order chi connectivity index (χ1) is 11.0. The highest BCUT2D eigenvalue weighted by molar-refractivity contribution is 5.71. The molecule has 0 amide bonds. The molecular formula is C18H19NO4. The Morgan fingerprint density at radius 2 is 1.87 bits per heavy atom. The van der Waals surface area contributed by atoms with Crippen LogP contribution in [0.5, 0.6) is 11.5 Å². The van der Waals surface area contributed by atoms with Crippen molar-refractivity contribution in [2.75, 3.05) is 11.9 Å². The number of rotatable bonds is 5. The first-order valence-corrected chi connectivity index (χ1v) is 7.42. The predicted octanol–water partition coefficient (Wildman–Crippen LogP) is 3.12. The van der Waals surface area contributed by atoms with E-state index in [1.807, 2.05) is 37.3 Å². The van der Waals surface area contributed by atoms with Crippen LogP contribution < -0.4 is 14.5 Å². The van der Waals surface area contributed by atoms with Crippen molar-refractivity contribution < 1.29 is 19.5 Å². The number of carbonyl (C=O) groups excluding carboxylic acids is 1. The van der Waals surface area contributed by atoms with Crippen LogP contribution in [-0.4, -0.2) is 23.8 Å². The van der Waals surface area contributed by atoms with Crippen LogP contribution in [0.3, 0.4) is 0 Å². The molecule has 1 aliphatic heterocycles. The van der Waals surface area contributed by atoms with E-state index in [4.69, 9.17) is 9.47 Å². The van der Waals surface area contributed by atoms with Gasteiger partial charge in [-0.05, 0) is 43.7 Å². The van der Waals surface area contributed by atoms with Crippen molar-refractivity contribution in [1.82, 2.24) is 0 Å². The highest BCUT2D eigenvalue weighted by Crippen LogP contribution is 2.34. The zero-order chi connectivity index (χ0) is 16.4. The summed E-state index contributed by atoms with van der Waals surface area (Å²) in [5.41, 5.74) is 1.47. The van der Waals surface area contributed by atoms with Gasteiger partial charge >= 0.3 is 0 Å². The molecule has 0 aliphatic carbocycles. The van der Waals surface area contributed by atoms with E-state index in [1.54, 1.807) is 19.1 Å². The molecule has 0 bridgehead atoms. The molecule has 1 N–H and O–H groups in total. The van der Waals surface area contributed by atoms with Gasteiger partial charge in [0.15, 0.2) is 11.5 Å². The van der Waals surface area contributed by atoms with E-state index in [2.05, 4.69) is 0 Å². The lowest BCUT2D eigenvalue weighted by atomic mass is 9.93. The van der Waals surface area contributed by atoms with Gasteiger partial charge in [0.2, 0.25) is 6.79 Å². The molecule has 1 heterocycles. The maximum atomic E-state index is 11.7. The van der Waals surface area contributed by atoms with Gasteiger partial charge in [0.25, 0.3) is 0 Å². The molecule has 2 aromatic carbocycles. The lowest BCUT2D eigenvalue weighted by Gasteiger charge is -2.33. The number of benzene rings is 2. The molecular weight excluding hydrogens is 294 g/mol. The predicted molar refractivity (Wildman–Crippen MR) is 86.2 cm³/mol. The van der Waals surface area contributed by atoms with E-state index in [0.29, 0.717) is 23.6 Å². The molecule has 0 fully saturated rings. The summed E-state index contributed by atoms with van der Waals surface area (Å²) in [7, 11) is 0. The first-order valence-electron chi connectivity index (χ1n) is 7.42. The number of aryl methyl sites for hydroxylation is 1. The third-order valence-electron chi connectivity index (χ3n) is 4.02. The molecule has 0 saturated heterocycles. The van der Waals surface area contributed by atoms with Crippen LogP contribution in [0.4, 0.5) is 5.69 Å². The van der Waals surface area contributed by atoms with Crippen molar-refractivity contribution >= 4 is 12.0 Å². The van der Waals surface area contributed by atoms with Crippen LogP contribution in [0, 0.1) is 6.92 Å². The Kier molecular flexibility index (Phi) is 3.96. The van der Waals surface area contributed by atoms with Crippen LogP contribution in [0.15, 0.2) is 42.5 Å². The van der Waals surface area contributed by atoms with Gasteiger partial charge in [-0.25, -0.2) is 5.06 Å². The minimum Gasteiger partial charge on any atom is -0.454 e. The molecule has 0 saturated carbocycles. The fourth-order valence-electron chi connectivity index (χ4n) is 2.61. The number of carbonyl (C=O) groups is 1. The number of nitrogens with zero attached hydrogens (tertiary/aromatic N) is 1. The van der Waals surface area contributed by atoms with Gasteiger partial charge in [0.1, 0.15) is 11.8 Å². The number of hydrogen-bond donors (Lipinski definition) is 1. The van der Waals surface area contributed by atoms with Gasteiger partial charge in [-0.3, -0.25) is 5.21 Å². The highest BCUT2D eigenvalue weighted by atomic mass is 16.7.